The van der Waals surface area contributed by atoms with Crippen molar-refractivity contribution in [2.24, 2.45) is 0 Å². The van der Waals surface area contributed by atoms with E-state index in [0.29, 0.717) is 12.1 Å². The molecule has 0 amide bonds. The van der Waals surface area contributed by atoms with E-state index >= 15 is 0 Å². The maximum Gasteiger partial charge on any atom is 0.329 e. The monoisotopic (exact) mass is 424 g/mol. The summed E-state index contributed by atoms with van der Waals surface area (Å²) in [7, 11) is -1.26. The third kappa shape index (κ3) is 4.22. The Kier molecular flexibility index (Phi) is 5.19. The predicted molar refractivity (Wildman–Crippen MR) is 98.8 cm³/mol. The molecule has 0 atom stereocenters. The van der Waals surface area contributed by atoms with E-state index in [1.165, 1.54) is 12.4 Å². The fourth-order valence-corrected chi connectivity index (χ4v) is 3.74. The number of alkyl halides is 4. The zero-order valence-corrected chi connectivity index (χ0v) is 17.0. The minimum absolute atomic E-state index is 0.0844. The highest BCUT2D eigenvalue weighted by Gasteiger charge is 2.63. The molecule has 0 saturated carbocycles. The largest absolute Gasteiger partial charge is 0.361 e. The number of hydrogen-bond acceptors (Lipinski definition) is 4. The molecule has 11 heteroatoms. The molecule has 1 aliphatic heterocycles. The van der Waals surface area contributed by atoms with Gasteiger partial charge < -0.3 is 14.2 Å². The van der Waals surface area contributed by atoms with Gasteiger partial charge in [0, 0.05) is 20.9 Å². The van der Waals surface area contributed by atoms with Crippen LogP contribution in [0, 0.1) is 0 Å². The molecule has 1 aliphatic rings. The Morgan fingerprint density at radius 1 is 1.19 bits per heavy atom. The smallest absolute Gasteiger partial charge is 0.329 e. The van der Waals surface area contributed by atoms with Crippen LogP contribution < -0.4 is 4.90 Å². The fourth-order valence-electron chi connectivity index (χ4n) is 2.85. The van der Waals surface area contributed by atoms with Gasteiger partial charge in [0.15, 0.2) is 0 Å². The average molecular weight is 425 g/mol. The van der Waals surface area contributed by atoms with Crippen LogP contribution in [0.3, 0.4) is 0 Å². The van der Waals surface area contributed by atoms with Crippen molar-refractivity contribution in [1.29, 1.82) is 0 Å². The Balaban J connectivity index is 1.87. The number of ether oxygens (including phenoxy) is 1. The number of nitrogens with zero attached hydrogens (tertiary/aromatic N) is 4. The van der Waals surface area contributed by atoms with Gasteiger partial charge in [-0.1, -0.05) is 19.6 Å². The molecule has 0 unspecified atom stereocenters. The van der Waals surface area contributed by atoms with Gasteiger partial charge in [-0.2, -0.15) is 17.6 Å². The van der Waals surface area contributed by atoms with Crippen molar-refractivity contribution in [3.05, 3.63) is 17.7 Å². The van der Waals surface area contributed by atoms with E-state index < -0.39 is 33.0 Å². The number of halogens is 5. The second-order valence-corrected chi connectivity index (χ2v) is 13.9. The molecule has 3 rings (SSSR count). The molecule has 0 N–H and O–H groups in total. The second-order valence-electron chi connectivity index (χ2n) is 7.97. The highest BCUT2D eigenvalue weighted by molar-refractivity contribution is 6.76. The Morgan fingerprint density at radius 2 is 1.81 bits per heavy atom. The molecule has 0 radical (unpaired) electrons. The van der Waals surface area contributed by atoms with Gasteiger partial charge in [0.1, 0.15) is 12.2 Å². The van der Waals surface area contributed by atoms with Crippen LogP contribution in [0.15, 0.2) is 12.4 Å². The normalized spacial score (nSPS) is 19.2. The van der Waals surface area contributed by atoms with E-state index in [-0.39, 0.29) is 23.2 Å². The summed E-state index contributed by atoms with van der Waals surface area (Å²) in [6.45, 7) is 5.20. The molecule has 0 bridgehead atoms. The van der Waals surface area contributed by atoms with Crippen molar-refractivity contribution < 1.29 is 22.3 Å². The molecule has 150 valence electrons. The average Bonchev–Trinajstić information content (AvgIpc) is 2.97. The lowest BCUT2D eigenvalue weighted by atomic mass is 10.2. The van der Waals surface area contributed by atoms with Crippen molar-refractivity contribution in [2.75, 3.05) is 24.6 Å². The minimum Gasteiger partial charge on any atom is -0.361 e. The summed E-state index contributed by atoms with van der Waals surface area (Å²) in [4.78, 5) is 8.89. The molecule has 0 aliphatic carbocycles. The highest BCUT2D eigenvalue weighted by atomic mass is 35.5. The third-order valence-corrected chi connectivity index (χ3v) is 6.34. The van der Waals surface area contributed by atoms with Crippen LogP contribution >= 0.6 is 11.6 Å². The van der Waals surface area contributed by atoms with E-state index in [0.717, 1.165) is 10.9 Å². The van der Waals surface area contributed by atoms with Gasteiger partial charge in [0.05, 0.1) is 30.5 Å². The molecule has 5 nitrogen and oxygen atoms in total. The zero-order chi connectivity index (χ0) is 20.0. The molecule has 0 spiro atoms. The molecule has 1 fully saturated rings. The Morgan fingerprint density at radius 3 is 2.41 bits per heavy atom. The fraction of sp³-hybridized carbons (Fsp3) is 0.625. The topological polar surface area (TPSA) is 43.2 Å². The van der Waals surface area contributed by atoms with Crippen LogP contribution in [0.4, 0.5) is 23.2 Å². The van der Waals surface area contributed by atoms with Gasteiger partial charge in [-0.05, 0) is 17.6 Å². The Labute approximate surface area is 160 Å². The lowest BCUT2D eigenvalue weighted by Crippen LogP contribution is -2.38. The summed E-state index contributed by atoms with van der Waals surface area (Å²) >= 11 is 5.82. The van der Waals surface area contributed by atoms with Crippen LogP contribution in [-0.2, 0) is 11.5 Å². The lowest BCUT2D eigenvalue weighted by molar-refractivity contribution is -0.172. The number of aromatic nitrogens is 3. The first-order chi connectivity index (χ1) is 12.4. The first-order valence-corrected chi connectivity index (χ1v) is 12.6. The number of fused-ring (bicyclic) bond motifs is 1. The predicted octanol–water partition coefficient (Wildman–Crippen LogP) is 4.49. The van der Waals surface area contributed by atoms with E-state index in [4.69, 9.17) is 16.3 Å². The van der Waals surface area contributed by atoms with Gasteiger partial charge in [-0.3, -0.25) is 0 Å². The number of hydrogen-bond donors (Lipinski definition) is 0. The minimum atomic E-state index is -4.11. The second kappa shape index (κ2) is 6.89. The molecular weight excluding hydrogens is 404 g/mol. The van der Waals surface area contributed by atoms with Crippen LogP contribution in [0.25, 0.3) is 11.0 Å². The molecule has 3 heterocycles. The standard InChI is InChI=1S/C16H21ClF4N4OSi/c1-27(2,3)5-4-26-10-24-7-12(13-11(24)6-22-14(17)23-13)25-8-15(18,19)16(20,21)9-25/h6-7H,4-5,8-10H2,1-3H3. The van der Waals surface area contributed by atoms with E-state index in [2.05, 4.69) is 29.6 Å². The third-order valence-electron chi connectivity index (χ3n) is 4.45. The summed E-state index contributed by atoms with van der Waals surface area (Å²) < 4.78 is 61.8. The summed E-state index contributed by atoms with van der Waals surface area (Å²) in [6, 6.07) is 0.964. The van der Waals surface area contributed by atoms with E-state index in [1.807, 2.05) is 0 Å². The van der Waals surface area contributed by atoms with Crippen LogP contribution in [-0.4, -0.2) is 54.2 Å². The van der Waals surface area contributed by atoms with Crippen molar-refractivity contribution in [2.45, 2.75) is 44.3 Å². The molecular formula is C16H21ClF4N4OSi. The molecule has 1 saturated heterocycles. The molecule has 0 aromatic carbocycles. The van der Waals surface area contributed by atoms with Crippen molar-refractivity contribution in [3.63, 3.8) is 0 Å². The van der Waals surface area contributed by atoms with Crippen LogP contribution in [0.5, 0.6) is 0 Å². The lowest BCUT2D eigenvalue weighted by Gasteiger charge is -2.16. The molecule has 2 aromatic rings. The van der Waals surface area contributed by atoms with Gasteiger partial charge in [-0.25, -0.2) is 9.97 Å². The molecule has 2 aromatic heterocycles. The maximum atomic E-state index is 13.6. The maximum absolute atomic E-state index is 13.6. The van der Waals surface area contributed by atoms with Gasteiger partial charge in [-0.15, -0.1) is 0 Å². The van der Waals surface area contributed by atoms with E-state index in [1.54, 1.807) is 4.57 Å². The summed E-state index contributed by atoms with van der Waals surface area (Å²) in [5.41, 5.74) is 0.901. The van der Waals surface area contributed by atoms with Crippen molar-refractivity contribution >= 4 is 36.4 Å². The first-order valence-electron chi connectivity index (χ1n) is 8.49. The highest BCUT2D eigenvalue weighted by Crippen LogP contribution is 2.44. The van der Waals surface area contributed by atoms with Gasteiger partial charge in [0.2, 0.25) is 5.28 Å². The summed E-state index contributed by atoms with van der Waals surface area (Å²) in [6.07, 6.45) is 2.92. The van der Waals surface area contributed by atoms with Crippen LogP contribution in [0.2, 0.25) is 31.0 Å². The first kappa shape index (κ1) is 20.3. The van der Waals surface area contributed by atoms with Crippen LogP contribution in [0.1, 0.15) is 0 Å². The Hall–Kier alpha value is -1.39. The summed E-state index contributed by atoms with van der Waals surface area (Å²) in [5, 5.41) is -0.0844. The van der Waals surface area contributed by atoms with Gasteiger partial charge in [0.25, 0.3) is 0 Å². The zero-order valence-electron chi connectivity index (χ0n) is 15.3. The summed E-state index contributed by atoms with van der Waals surface area (Å²) in [5.74, 6) is -8.21. The van der Waals surface area contributed by atoms with Crippen molar-refractivity contribution in [3.8, 4) is 0 Å². The quantitative estimate of drug-likeness (QED) is 0.296. The van der Waals surface area contributed by atoms with E-state index in [9.17, 15) is 17.6 Å². The van der Waals surface area contributed by atoms with Crippen molar-refractivity contribution in [1.82, 2.24) is 14.5 Å². The number of rotatable bonds is 6. The number of anilines is 1. The Bertz CT molecular complexity index is 824. The van der Waals surface area contributed by atoms with Gasteiger partial charge >= 0.3 is 11.8 Å². The SMILES string of the molecule is C[Si](C)(C)CCOCn1cc(N2CC(F)(F)C(F)(F)C2)c2nc(Cl)ncc21. The molecule has 27 heavy (non-hydrogen) atoms.